The summed E-state index contributed by atoms with van der Waals surface area (Å²) >= 11 is 4.81. The van der Waals surface area contributed by atoms with Crippen LogP contribution in [0.2, 0.25) is 0 Å². The molecule has 0 atom stereocenters. The van der Waals surface area contributed by atoms with Crippen LogP contribution in [0.25, 0.3) is 0 Å². The molecule has 0 radical (unpaired) electrons. The van der Waals surface area contributed by atoms with Crippen molar-refractivity contribution in [3.8, 4) is 0 Å². The Morgan fingerprint density at radius 1 is 1.33 bits per heavy atom. The summed E-state index contributed by atoms with van der Waals surface area (Å²) in [7, 11) is 0. The van der Waals surface area contributed by atoms with Crippen LogP contribution in [0.15, 0.2) is 30.7 Å². The first-order valence-corrected chi connectivity index (χ1v) is 5.84. The molecule has 0 fully saturated rings. The van der Waals surface area contributed by atoms with Crippen molar-refractivity contribution >= 4 is 23.0 Å². The van der Waals surface area contributed by atoms with Gasteiger partial charge in [-0.1, -0.05) is 18.3 Å². The molecule has 0 bridgehead atoms. The Morgan fingerprint density at radius 2 is 2.17 bits per heavy atom. The smallest absolute Gasteiger partial charge is 0.144 e. The second-order valence-electron chi connectivity index (χ2n) is 3.77. The molecule has 92 valence electrons. The second-order valence-corrected chi connectivity index (χ2v) is 4.21. The van der Waals surface area contributed by atoms with Gasteiger partial charge in [-0.3, -0.25) is 4.98 Å². The van der Waals surface area contributed by atoms with Crippen LogP contribution in [0.1, 0.15) is 17.0 Å². The lowest BCUT2D eigenvalue weighted by Gasteiger charge is -2.07. The maximum atomic E-state index is 5.45. The lowest BCUT2D eigenvalue weighted by molar-refractivity contribution is 0.998. The number of hydrogen-bond acceptors (Lipinski definition) is 5. The number of pyridine rings is 1. The van der Waals surface area contributed by atoms with Crippen LogP contribution in [0.5, 0.6) is 0 Å². The lowest BCUT2D eigenvalue weighted by atomic mass is 10.2. The third kappa shape index (κ3) is 2.98. The SMILES string of the molecule is Cc1cccnc1CNc1cnc(C(N)=S)cn1. The van der Waals surface area contributed by atoms with E-state index in [1.165, 1.54) is 0 Å². The summed E-state index contributed by atoms with van der Waals surface area (Å²) in [6.45, 7) is 2.62. The minimum absolute atomic E-state index is 0.245. The summed E-state index contributed by atoms with van der Waals surface area (Å²) in [6.07, 6.45) is 4.92. The van der Waals surface area contributed by atoms with E-state index in [2.05, 4.69) is 20.3 Å². The molecule has 18 heavy (non-hydrogen) atoms. The monoisotopic (exact) mass is 259 g/mol. The van der Waals surface area contributed by atoms with E-state index in [0.29, 0.717) is 18.1 Å². The van der Waals surface area contributed by atoms with Gasteiger partial charge in [-0.2, -0.15) is 0 Å². The molecule has 0 saturated heterocycles. The van der Waals surface area contributed by atoms with Gasteiger partial charge in [-0.15, -0.1) is 0 Å². The highest BCUT2D eigenvalue weighted by Gasteiger charge is 2.01. The average Bonchev–Trinajstić information content (AvgIpc) is 2.38. The fourth-order valence-electron chi connectivity index (χ4n) is 1.42. The summed E-state index contributed by atoms with van der Waals surface area (Å²) in [4.78, 5) is 12.8. The summed E-state index contributed by atoms with van der Waals surface area (Å²) in [6, 6.07) is 3.93. The molecule has 5 nitrogen and oxygen atoms in total. The molecule has 0 unspecified atom stereocenters. The van der Waals surface area contributed by atoms with Crippen LogP contribution < -0.4 is 11.1 Å². The number of hydrogen-bond donors (Lipinski definition) is 2. The Morgan fingerprint density at radius 3 is 2.78 bits per heavy atom. The van der Waals surface area contributed by atoms with E-state index in [-0.39, 0.29) is 4.99 Å². The first-order chi connectivity index (χ1) is 8.66. The third-order valence-corrected chi connectivity index (χ3v) is 2.67. The van der Waals surface area contributed by atoms with Crippen molar-refractivity contribution in [2.45, 2.75) is 13.5 Å². The number of nitrogens with two attached hydrogens (primary N) is 1. The Kier molecular flexibility index (Phi) is 3.78. The Labute approximate surface area is 110 Å². The van der Waals surface area contributed by atoms with E-state index >= 15 is 0 Å². The van der Waals surface area contributed by atoms with Gasteiger partial charge in [-0.25, -0.2) is 9.97 Å². The van der Waals surface area contributed by atoms with Gasteiger partial charge in [0.05, 0.1) is 24.6 Å². The van der Waals surface area contributed by atoms with Gasteiger partial charge in [0.2, 0.25) is 0 Å². The summed E-state index contributed by atoms with van der Waals surface area (Å²) in [5.41, 5.74) is 8.09. The standard InChI is InChI=1S/C12H13N5S/c1-8-3-2-4-14-9(8)5-16-11-7-15-10(6-17-11)12(13)18/h2-4,6-7H,5H2,1H3,(H2,13,18)(H,16,17). The van der Waals surface area contributed by atoms with Gasteiger partial charge in [0.25, 0.3) is 0 Å². The molecule has 2 aromatic rings. The summed E-state index contributed by atoms with van der Waals surface area (Å²) in [5, 5.41) is 3.15. The molecule has 0 spiro atoms. The maximum Gasteiger partial charge on any atom is 0.144 e. The van der Waals surface area contributed by atoms with Crippen LogP contribution in [0.3, 0.4) is 0 Å². The van der Waals surface area contributed by atoms with Gasteiger partial charge in [0.15, 0.2) is 0 Å². The van der Waals surface area contributed by atoms with Crippen molar-refractivity contribution < 1.29 is 0 Å². The number of nitrogens with one attached hydrogen (secondary N) is 1. The first-order valence-electron chi connectivity index (χ1n) is 5.43. The first kappa shape index (κ1) is 12.4. The van der Waals surface area contributed by atoms with Crippen molar-refractivity contribution in [1.29, 1.82) is 0 Å². The predicted molar refractivity (Wildman–Crippen MR) is 74.2 cm³/mol. The molecular formula is C12H13N5S. The van der Waals surface area contributed by atoms with Crippen LogP contribution in [0, 0.1) is 6.92 Å². The van der Waals surface area contributed by atoms with Gasteiger partial charge < -0.3 is 11.1 Å². The molecule has 0 amide bonds. The second kappa shape index (κ2) is 5.50. The largest absolute Gasteiger partial charge is 0.388 e. The van der Waals surface area contributed by atoms with Gasteiger partial charge >= 0.3 is 0 Å². The van der Waals surface area contributed by atoms with Gasteiger partial charge in [0, 0.05) is 6.20 Å². The normalized spacial score (nSPS) is 10.1. The minimum Gasteiger partial charge on any atom is -0.388 e. The van der Waals surface area contributed by atoms with Crippen LogP contribution in [-0.4, -0.2) is 19.9 Å². The van der Waals surface area contributed by atoms with E-state index in [9.17, 15) is 0 Å². The fraction of sp³-hybridized carbons (Fsp3) is 0.167. The molecule has 2 heterocycles. The number of aryl methyl sites for hydroxylation is 1. The quantitative estimate of drug-likeness (QED) is 0.809. The van der Waals surface area contributed by atoms with Crippen molar-refractivity contribution in [3.05, 3.63) is 47.7 Å². The number of nitrogens with zero attached hydrogens (tertiary/aromatic N) is 3. The van der Waals surface area contributed by atoms with E-state index in [1.54, 1.807) is 18.6 Å². The highest BCUT2D eigenvalue weighted by Crippen LogP contribution is 2.07. The Bertz CT molecular complexity index is 553. The van der Waals surface area contributed by atoms with Gasteiger partial charge in [-0.05, 0) is 18.6 Å². The number of aromatic nitrogens is 3. The number of rotatable bonds is 4. The number of anilines is 1. The lowest BCUT2D eigenvalue weighted by Crippen LogP contribution is -2.12. The Hall–Kier alpha value is -2.08. The highest BCUT2D eigenvalue weighted by atomic mass is 32.1. The minimum atomic E-state index is 0.245. The molecule has 6 heteroatoms. The molecule has 0 aromatic carbocycles. The van der Waals surface area contributed by atoms with E-state index in [0.717, 1.165) is 11.3 Å². The van der Waals surface area contributed by atoms with Crippen molar-refractivity contribution in [2.24, 2.45) is 5.73 Å². The molecular weight excluding hydrogens is 246 g/mol. The van der Waals surface area contributed by atoms with E-state index < -0.39 is 0 Å². The molecule has 2 rings (SSSR count). The average molecular weight is 259 g/mol. The molecule has 3 N–H and O–H groups in total. The number of thiocarbonyl (C=S) groups is 1. The summed E-state index contributed by atoms with van der Waals surface area (Å²) < 4.78 is 0. The van der Waals surface area contributed by atoms with Crippen LogP contribution >= 0.6 is 12.2 Å². The summed E-state index contributed by atoms with van der Waals surface area (Å²) in [5.74, 6) is 0.667. The predicted octanol–water partition coefficient (Wildman–Crippen LogP) is 1.43. The van der Waals surface area contributed by atoms with Crippen molar-refractivity contribution in [3.63, 3.8) is 0 Å². The van der Waals surface area contributed by atoms with Crippen molar-refractivity contribution in [2.75, 3.05) is 5.32 Å². The van der Waals surface area contributed by atoms with E-state index in [1.807, 2.05) is 19.1 Å². The highest BCUT2D eigenvalue weighted by molar-refractivity contribution is 7.80. The molecule has 0 saturated carbocycles. The van der Waals surface area contributed by atoms with Crippen molar-refractivity contribution in [1.82, 2.24) is 15.0 Å². The maximum absolute atomic E-state index is 5.45. The molecule has 0 aliphatic carbocycles. The molecule has 0 aliphatic rings. The zero-order valence-corrected chi connectivity index (χ0v) is 10.7. The molecule has 0 aliphatic heterocycles. The topological polar surface area (TPSA) is 76.7 Å². The zero-order valence-electron chi connectivity index (χ0n) is 9.92. The zero-order chi connectivity index (χ0) is 13.0. The Balaban J connectivity index is 2.02. The molecule has 2 aromatic heterocycles. The van der Waals surface area contributed by atoms with Gasteiger partial charge in [0.1, 0.15) is 16.5 Å². The van der Waals surface area contributed by atoms with Crippen LogP contribution in [0.4, 0.5) is 5.82 Å². The van der Waals surface area contributed by atoms with E-state index in [4.69, 9.17) is 18.0 Å². The van der Waals surface area contributed by atoms with Crippen LogP contribution in [-0.2, 0) is 6.54 Å². The third-order valence-electron chi connectivity index (χ3n) is 2.46. The fourth-order valence-corrected chi connectivity index (χ4v) is 1.53.